The van der Waals surface area contributed by atoms with Crippen LogP contribution < -0.4 is 5.32 Å². The molecule has 6 heteroatoms. The van der Waals surface area contributed by atoms with E-state index in [0.29, 0.717) is 10.2 Å². The van der Waals surface area contributed by atoms with Crippen LogP contribution in [0.5, 0.6) is 0 Å². The molecule has 1 aromatic heterocycles. The van der Waals surface area contributed by atoms with E-state index in [1.54, 1.807) is 19.9 Å². The van der Waals surface area contributed by atoms with Crippen molar-refractivity contribution in [1.29, 1.82) is 0 Å². The molecule has 0 fully saturated rings. The second-order valence-electron chi connectivity index (χ2n) is 4.60. The highest BCUT2D eigenvalue weighted by Crippen LogP contribution is 2.29. The van der Waals surface area contributed by atoms with Crippen LogP contribution in [-0.2, 0) is 4.79 Å². The predicted molar refractivity (Wildman–Crippen MR) is 77.8 cm³/mol. The number of rotatable bonds is 3. The summed E-state index contributed by atoms with van der Waals surface area (Å²) in [6.07, 6.45) is 0. The van der Waals surface area contributed by atoms with Gasteiger partial charge in [-0.3, -0.25) is 4.79 Å². The van der Waals surface area contributed by atoms with E-state index < -0.39 is 5.41 Å². The second-order valence-corrected chi connectivity index (χ2v) is 6.34. The largest absolute Gasteiger partial charge is 0.301 e. The van der Waals surface area contributed by atoms with E-state index in [2.05, 4.69) is 10.3 Å². The van der Waals surface area contributed by atoms with Crippen molar-refractivity contribution in [3.8, 4) is 0 Å². The molecule has 2 aromatic rings. The van der Waals surface area contributed by atoms with E-state index in [9.17, 15) is 4.79 Å². The lowest BCUT2D eigenvalue weighted by Gasteiger charge is -2.18. The van der Waals surface area contributed by atoms with Gasteiger partial charge < -0.3 is 5.32 Å². The lowest BCUT2D eigenvalue weighted by atomic mass is 9.95. The van der Waals surface area contributed by atoms with E-state index in [4.69, 9.17) is 23.2 Å². The van der Waals surface area contributed by atoms with Crippen molar-refractivity contribution in [2.75, 3.05) is 11.2 Å². The molecular weight excluding hydrogens is 291 g/mol. The molecule has 1 N–H and O–H groups in total. The summed E-state index contributed by atoms with van der Waals surface area (Å²) in [5.41, 5.74) is 0.209. The van der Waals surface area contributed by atoms with E-state index in [1.165, 1.54) is 11.3 Å². The molecule has 1 heterocycles. The van der Waals surface area contributed by atoms with E-state index in [-0.39, 0.29) is 11.8 Å². The Labute approximate surface area is 119 Å². The van der Waals surface area contributed by atoms with Crippen LogP contribution in [0.4, 0.5) is 5.13 Å². The summed E-state index contributed by atoms with van der Waals surface area (Å²) in [6, 6.07) is 5.44. The minimum Gasteiger partial charge on any atom is -0.301 e. The van der Waals surface area contributed by atoms with Crippen molar-refractivity contribution < 1.29 is 4.79 Å². The Morgan fingerprint density at radius 2 is 2.22 bits per heavy atom. The third-order valence-electron chi connectivity index (χ3n) is 2.52. The molecule has 0 saturated carbocycles. The standard InChI is InChI=1S/C12H12Cl2N2OS/c1-12(2,6-13)10(17)16-11-15-8-4-3-7(14)5-9(8)18-11/h3-5H,6H2,1-2H3,(H,15,16,17). The number of nitrogens with one attached hydrogen (secondary N) is 1. The summed E-state index contributed by atoms with van der Waals surface area (Å²) in [6.45, 7) is 3.58. The first kappa shape index (κ1) is 13.6. The fourth-order valence-corrected chi connectivity index (χ4v) is 2.54. The van der Waals surface area contributed by atoms with Gasteiger partial charge in [0.2, 0.25) is 5.91 Å². The molecule has 0 atom stereocenters. The summed E-state index contributed by atoms with van der Waals surface area (Å²) < 4.78 is 0.946. The number of alkyl halides is 1. The van der Waals surface area contributed by atoms with Crippen LogP contribution in [0, 0.1) is 5.41 Å². The van der Waals surface area contributed by atoms with Crippen LogP contribution in [0.2, 0.25) is 5.02 Å². The maximum atomic E-state index is 12.0. The molecule has 0 saturated heterocycles. The lowest BCUT2D eigenvalue weighted by Crippen LogP contribution is -2.32. The first-order valence-electron chi connectivity index (χ1n) is 5.36. The molecule has 0 radical (unpaired) electrons. The van der Waals surface area contributed by atoms with Gasteiger partial charge in [-0.1, -0.05) is 22.9 Å². The van der Waals surface area contributed by atoms with Gasteiger partial charge in [-0.15, -0.1) is 11.6 Å². The number of hydrogen-bond donors (Lipinski definition) is 1. The number of halogens is 2. The molecule has 0 bridgehead atoms. The number of amides is 1. The van der Waals surface area contributed by atoms with Gasteiger partial charge >= 0.3 is 0 Å². The summed E-state index contributed by atoms with van der Waals surface area (Å²) in [5, 5.41) is 4.01. The van der Waals surface area contributed by atoms with Crippen LogP contribution >= 0.6 is 34.5 Å². The van der Waals surface area contributed by atoms with Crippen LogP contribution in [0.3, 0.4) is 0 Å². The Bertz CT molecular complexity index is 595. The maximum Gasteiger partial charge on any atom is 0.233 e. The Morgan fingerprint density at radius 3 is 2.89 bits per heavy atom. The minimum absolute atomic E-state index is 0.136. The quantitative estimate of drug-likeness (QED) is 0.865. The Balaban J connectivity index is 2.25. The first-order chi connectivity index (χ1) is 8.42. The zero-order valence-electron chi connectivity index (χ0n) is 9.96. The smallest absolute Gasteiger partial charge is 0.233 e. The number of carbonyl (C=O) groups is 1. The molecule has 18 heavy (non-hydrogen) atoms. The van der Waals surface area contributed by atoms with E-state index in [1.807, 2.05) is 12.1 Å². The first-order valence-corrected chi connectivity index (χ1v) is 7.09. The van der Waals surface area contributed by atoms with Gasteiger partial charge in [0.05, 0.1) is 15.6 Å². The highest BCUT2D eigenvalue weighted by Gasteiger charge is 2.27. The SMILES string of the molecule is CC(C)(CCl)C(=O)Nc1nc2ccc(Cl)cc2s1. The van der Waals surface area contributed by atoms with Crippen molar-refractivity contribution in [1.82, 2.24) is 4.98 Å². The summed E-state index contributed by atoms with van der Waals surface area (Å²) in [5.74, 6) is 0.123. The molecule has 96 valence electrons. The van der Waals surface area contributed by atoms with Gasteiger partial charge in [-0.25, -0.2) is 4.98 Å². The normalized spacial score (nSPS) is 11.8. The zero-order valence-corrected chi connectivity index (χ0v) is 12.3. The summed E-state index contributed by atoms with van der Waals surface area (Å²) in [4.78, 5) is 16.3. The molecule has 0 unspecified atom stereocenters. The number of carbonyl (C=O) groups excluding carboxylic acids is 1. The molecule has 0 spiro atoms. The monoisotopic (exact) mass is 302 g/mol. The van der Waals surface area contributed by atoms with Gasteiger partial charge in [0.1, 0.15) is 0 Å². The Kier molecular flexibility index (Phi) is 3.80. The molecule has 0 aliphatic heterocycles. The van der Waals surface area contributed by atoms with Crippen LogP contribution in [0.25, 0.3) is 10.2 Å². The third kappa shape index (κ3) is 2.76. The van der Waals surface area contributed by atoms with Crippen molar-refractivity contribution in [2.24, 2.45) is 5.41 Å². The fraction of sp³-hybridized carbons (Fsp3) is 0.333. The van der Waals surface area contributed by atoms with Crippen molar-refractivity contribution in [3.05, 3.63) is 23.2 Å². The minimum atomic E-state index is -0.614. The number of nitrogens with zero attached hydrogens (tertiary/aromatic N) is 1. The van der Waals surface area contributed by atoms with Gasteiger partial charge in [0.15, 0.2) is 5.13 Å². The topological polar surface area (TPSA) is 42.0 Å². The van der Waals surface area contributed by atoms with Gasteiger partial charge in [-0.05, 0) is 32.0 Å². The zero-order chi connectivity index (χ0) is 13.3. The number of hydrogen-bond acceptors (Lipinski definition) is 3. The molecule has 0 aliphatic rings. The van der Waals surface area contributed by atoms with E-state index >= 15 is 0 Å². The van der Waals surface area contributed by atoms with Crippen LogP contribution in [0.1, 0.15) is 13.8 Å². The lowest BCUT2D eigenvalue weighted by molar-refractivity contribution is -0.122. The van der Waals surface area contributed by atoms with Crippen LogP contribution in [-0.4, -0.2) is 16.8 Å². The Hall–Kier alpha value is -0.840. The second kappa shape index (κ2) is 5.03. The van der Waals surface area contributed by atoms with Gasteiger partial charge in [0.25, 0.3) is 0 Å². The molecule has 2 rings (SSSR count). The van der Waals surface area contributed by atoms with Crippen LogP contribution in [0.15, 0.2) is 18.2 Å². The molecule has 1 amide bonds. The average molecular weight is 303 g/mol. The average Bonchev–Trinajstić information content (AvgIpc) is 2.70. The highest BCUT2D eigenvalue weighted by molar-refractivity contribution is 7.22. The third-order valence-corrected chi connectivity index (χ3v) is 4.36. The number of thiazole rings is 1. The van der Waals surface area contributed by atoms with Gasteiger partial charge in [0, 0.05) is 10.9 Å². The number of fused-ring (bicyclic) bond motifs is 1. The number of aromatic nitrogens is 1. The van der Waals surface area contributed by atoms with Crippen molar-refractivity contribution >= 4 is 55.8 Å². The fourth-order valence-electron chi connectivity index (χ4n) is 1.28. The highest BCUT2D eigenvalue weighted by atomic mass is 35.5. The molecule has 3 nitrogen and oxygen atoms in total. The molecule has 0 aliphatic carbocycles. The molecular formula is C12H12Cl2N2OS. The number of anilines is 1. The summed E-state index contributed by atoms with van der Waals surface area (Å²) >= 11 is 13.1. The van der Waals surface area contributed by atoms with E-state index in [0.717, 1.165) is 10.2 Å². The Morgan fingerprint density at radius 1 is 1.50 bits per heavy atom. The van der Waals surface area contributed by atoms with Crippen molar-refractivity contribution in [2.45, 2.75) is 13.8 Å². The van der Waals surface area contributed by atoms with Crippen molar-refractivity contribution in [3.63, 3.8) is 0 Å². The summed E-state index contributed by atoms with van der Waals surface area (Å²) in [7, 11) is 0. The van der Waals surface area contributed by atoms with Gasteiger partial charge in [-0.2, -0.15) is 0 Å². The maximum absolute atomic E-state index is 12.0. The predicted octanol–water partition coefficient (Wildman–Crippen LogP) is 4.15. The number of benzene rings is 1. The molecule has 1 aromatic carbocycles.